The molecule has 0 unspecified atom stereocenters. The number of hydrogen-bond donors (Lipinski definition) is 2. The van der Waals surface area contributed by atoms with Crippen molar-refractivity contribution in [2.24, 2.45) is 5.92 Å². The number of carbonyl (C=O) groups is 3. The van der Waals surface area contributed by atoms with Crippen LogP contribution in [0.5, 0.6) is 5.75 Å². The Morgan fingerprint density at radius 1 is 1.00 bits per heavy atom. The van der Waals surface area contributed by atoms with Crippen molar-refractivity contribution in [3.05, 3.63) is 66.0 Å². The summed E-state index contributed by atoms with van der Waals surface area (Å²) < 4.78 is 18.2. The van der Waals surface area contributed by atoms with Crippen LogP contribution in [0.15, 0.2) is 54.6 Å². The average Bonchev–Trinajstić information content (AvgIpc) is 2.71. The average molecular weight is 414 g/mol. The normalized spacial score (nSPS) is 11.6. The molecule has 0 aromatic heterocycles. The highest BCUT2D eigenvalue weighted by atomic mass is 19.1. The lowest BCUT2D eigenvalue weighted by molar-refractivity contribution is -0.134. The van der Waals surface area contributed by atoms with Gasteiger partial charge in [0, 0.05) is 18.5 Å². The molecule has 0 aliphatic carbocycles. The number of benzene rings is 2. The standard InChI is InChI=1S/C23H27FN2O4/c1-16(2)15-20(26-22(28)17-10-12-18(24)13-11-17)23(29)25-14-6-9-21(27)30-19-7-4-3-5-8-19/h3-5,7-8,10-13,16,20H,6,9,14-15H2,1-2H3,(H,25,29)(H,26,28)/t20-/m0/s1. The molecule has 0 radical (unpaired) electrons. The van der Waals surface area contributed by atoms with Crippen molar-refractivity contribution >= 4 is 17.8 Å². The topological polar surface area (TPSA) is 84.5 Å². The number of nitrogens with one attached hydrogen (secondary N) is 2. The van der Waals surface area contributed by atoms with Crippen molar-refractivity contribution < 1.29 is 23.5 Å². The fraction of sp³-hybridized carbons (Fsp3) is 0.348. The van der Waals surface area contributed by atoms with Crippen molar-refractivity contribution in [1.29, 1.82) is 0 Å². The van der Waals surface area contributed by atoms with E-state index in [0.29, 0.717) is 18.6 Å². The minimum atomic E-state index is -0.723. The summed E-state index contributed by atoms with van der Waals surface area (Å²) in [6, 6.07) is 13.2. The van der Waals surface area contributed by atoms with Crippen molar-refractivity contribution in [3.63, 3.8) is 0 Å². The van der Waals surface area contributed by atoms with Crippen molar-refractivity contribution in [2.45, 2.75) is 39.2 Å². The third kappa shape index (κ3) is 8.03. The summed E-state index contributed by atoms with van der Waals surface area (Å²) in [5, 5.41) is 5.45. The first-order chi connectivity index (χ1) is 14.3. The van der Waals surface area contributed by atoms with E-state index in [0.717, 1.165) is 0 Å². The summed E-state index contributed by atoms with van der Waals surface area (Å²) in [7, 11) is 0. The lowest BCUT2D eigenvalue weighted by Crippen LogP contribution is -2.47. The molecule has 6 nitrogen and oxygen atoms in total. The van der Waals surface area contributed by atoms with Gasteiger partial charge >= 0.3 is 5.97 Å². The van der Waals surface area contributed by atoms with Gasteiger partial charge in [-0.1, -0.05) is 32.0 Å². The fourth-order valence-electron chi connectivity index (χ4n) is 2.78. The molecule has 30 heavy (non-hydrogen) atoms. The van der Waals surface area contributed by atoms with Crippen LogP contribution < -0.4 is 15.4 Å². The lowest BCUT2D eigenvalue weighted by atomic mass is 10.0. The van der Waals surface area contributed by atoms with Gasteiger partial charge in [0.05, 0.1) is 0 Å². The summed E-state index contributed by atoms with van der Waals surface area (Å²) in [6.45, 7) is 4.18. The van der Waals surface area contributed by atoms with Crippen LogP contribution in [0.2, 0.25) is 0 Å². The maximum Gasteiger partial charge on any atom is 0.311 e. The molecular formula is C23H27FN2O4. The van der Waals surface area contributed by atoms with Gasteiger partial charge in [0.25, 0.3) is 5.91 Å². The quantitative estimate of drug-likeness (QED) is 0.354. The molecule has 2 aromatic carbocycles. The molecule has 0 bridgehead atoms. The van der Waals surface area contributed by atoms with E-state index in [9.17, 15) is 18.8 Å². The van der Waals surface area contributed by atoms with Crippen LogP contribution >= 0.6 is 0 Å². The summed E-state index contributed by atoms with van der Waals surface area (Å²) in [6.07, 6.45) is 1.03. The van der Waals surface area contributed by atoms with E-state index in [-0.39, 0.29) is 36.3 Å². The SMILES string of the molecule is CC(C)C[C@H](NC(=O)c1ccc(F)cc1)C(=O)NCCCC(=O)Oc1ccccc1. The minimum absolute atomic E-state index is 0.159. The molecule has 0 saturated heterocycles. The first kappa shape index (κ1) is 23.1. The number of amides is 2. The Kier molecular flexibility index (Phi) is 9.00. The van der Waals surface area contributed by atoms with Crippen LogP contribution in [-0.4, -0.2) is 30.4 Å². The molecule has 0 aliphatic heterocycles. The van der Waals surface area contributed by atoms with E-state index < -0.39 is 17.8 Å². The van der Waals surface area contributed by atoms with E-state index >= 15 is 0 Å². The number of para-hydroxylation sites is 1. The van der Waals surface area contributed by atoms with E-state index in [1.165, 1.54) is 24.3 Å². The number of carbonyl (C=O) groups excluding carboxylic acids is 3. The Morgan fingerprint density at radius 3 is 2.30 bits per heavy atom. The largest absolute Gasteiger partial charge is 0.427 e. The minimum Gasteiger partial charge on any atom is -0.427 e. The van der Waals surface area contributed by atoms with Crippen molar-refractivity contribution in [1.82, 2.24) is 10.6 Å². The number of halogens is 1. The van der Waals surface area contributed by atoms with Gasteiger partial charge in [0.15, 0.2) is 0 Å². The maximum atomic E-state index is 13.0. The van der Waals surface area contributed by atoms with Crippen LogP contribution in [-0.2, 0) is 9.59 Å². The molecule has 2 N–H and O–H groups in total. The third-order valence-corrected chi connectivity index (χ3v) is 4.27. The predicted octanol–water partition coefficient (Wildman–Crippen LogP) is 3.47. The smallest absolute Gasteiger partial charge is 0.311 e. The highest BCUT2D eigenvalue weighted by molar-refractivity contribution is 5.97. The number of rotatable bonds is 10. The monoisotopic (exact) mass is 414 g/mol. The van der Waals surface area contributed by atoms with E-state index in [1.54, 1.807) is 24.3 Å². The summed E-state index contributed by atoms with van der Waals surface area (Å²) in [5.41, 5.74) is 0.279. The Bertz CT molecular complexity index is 838. The maximum absolute atomic E-state index is 13.0. The first-order valence-electron chi connectivity index (χ1n) is 9.95. The zero-order chi connectivity index (χ0) is 21.9. The third-order valence-electron chi connectivity index (χ3n) is 4.27. The molecule has 0 aliphatic rings. The van der Waals surface area contributed by atoms with Gasteiger partial charge in [-0.3, -0.25) is 14.4 Å². The lowest BCUT2D eigenvalue weighted by Gasteiger charge is -2.20. The number of hydrogen-bond acceptors (Lipinski definition) is 4. The molecule has 0 heterocycles. The Hall–Kier alpha value is -3.22. The van der Waals surface area contributed by atoms with Gasteiger partial charge in [-0.15, -0.1) is 0 Å². The van der Waals surface area contributed by atoms with Gasteiger partial charge in [-0.05, 0) is 55.2 Å². The fourth-order valence-corrected chi connectivity index (χ4v) is 2.78. The summed E-state index contributed by atoms with van der Waals surface area (Å²) in [4.78, 5) is 36.7. The number of ether oxygens (including phenoxy) is 1. The zero-order valence-corrected chi connectivity index (χ0v) is 17.2. The van der Waals surface area contributed by atoms with Crippen LogP contribution in [0, 0.1) is 11.7 Å². The van der Waals surface area contributed by atoms with Crippen LogP contribution in [0.3, 0.4) is 0 Å². The van der Waals surface area contributed by atoms with Crippen molar-refractivity contribution in [2.75, 3.05) is 6.54 Å². The molecule has 7 heteroatoms. The second-order valence-electron chi connectivity index (χ2n) is 7.34. The van der Waals surface area contributed by atoms with Gasteiger partial charge in [0.1, 0.15) is 17.6 Å². The first-order valence-corrected chi connectivity index (χ1v) is 9.95. The second-order valence-corrected chi connectivity index (χ2v) is 7.34. The van der Waals surface area contributed by atoms with E-state index in [4.69, 9.17) is 4.74 Å². The molecule has 2 rings (SSSR count). The van der Waals surface area contributed by atoms with Gasteiger partial charge in [-0.25, -0.2) is 4.39 Å². The molecule has 1 atom stereocenters. The predicted molar refractivity (Wildman–Crippen MR) is 111 cm³/mol. The number of esters is 1. The molecule has 0 fully saturated rings. The van der Waals surface area contributed by atoms with Crippen LogP contribution in [0.25, 0.3) is 0 Å². The van der Waals surface area contributed by atoms with Crippen LogP contribution in [0.1, 0.15) is 43.5 Å². The Labute approximate surface area is 175 Å². The van der Waals surface area contributed by atoms with Crippen molar-refractivity contribution in [3.8, 4) is 5.75 Å². The molecule has 2 amide bonds. The van der Waals surface area contributed by atoms with Crippen LogP contribution in [0.4, 0.5) is 4.39 Å². The second kappa shape index (κ2) is 11.7. The highest BCUT2D eigenvalue weighted by Gasteiger charge is 2.22. The zero-order valence-electron chi connectivity index (χ0n) is 17.2. The summed E-state index contributed by atoms with van der Waals surface area (Å²) >= 11 is 0. The molecule has 0 spiro atoms. The summed E-state index contributed by atoms with van der Waals surface area (Å²) in [5.74, 6) is -0.924. The Morgan fingerprint density at radius 2 is 1.67 bits per heavy atom. The highest BCUT2D eigenvalue weighted by Crippen LogP contribution is 2.10. The van der Waals surface area contributed by atoms with E-state index in [1.807, 2.05) is 19.9 Å². The van der Waals surface area contributed by atoms with Gasteiger partial charge < -0.3 is 15.4 Å². The van der Waals surface area contributed by atoms with E-state index in [2.05, 4.69) is 10.6 Å². The van der Waals surface area contributed by atoms with Gasteiger partial charge in [0.2, 0.25) is 5.91 Å². The molecular weight excluding hydrogens is 387 g/mol. The molecule has 0 saturated carbocycles. The molecule has 160 valence electrons. The Balaban J connectivity index is 1.80. The molecule has 2 aromatic rings. The van der Waals surface area contributed by atoms with Gasteiger partial charge in [-0.2, -0.15) is 0 Å².